The first-order valence-electron chi connectivity index (χ1n) is 8.92. The van der Waals surface area contributed by atoms with Crippen LogP contribution in [0.15, 0.2) is 35.1 Å². The number of fused-ring (bicyclic) bond motifs is 1. The highest BCUT2D eigenvalue weighted by Gasteiger charge is 2.32. The molecule has 32 heavy (non-hydrogen) atoms. The third-order valence-electron chi connectivity index (χ3n) is 4.22. The van der Waals surface area contributed by atoms with Crippen LogP contribution in [0.4, 0.5) is 13.2 Å². The Hall–Kier alpha value is -2.53. The van der Waals surface area contributed by atoms with Gasteiger partial charge < -0.3 is 18.8 Å². The minimum atomic E-state index is -4.57. The largest absolute Gasteiger partial charge is 0.489 e. The molecule has 3 heterocycles. The Morgan fingerprint density at radius 2 is 1.84 bits per heavy atom. The number of imidazole rings is 1. The lowest BCUT2D eigenvalue weighted by Crippen LogP contribution is -2.12. The summed E-state index contributed by atoms with van der Waals surface area (Å²) in [7, 11) is 0. The third-order valence-corrected chi connectivity index (χ3v) is 5.11. The molecule has 1 N–H and O–H groups in total. The zero-order chi connectivity index (χ0) is 23.2. The molecular weight excluding hydrogens is 496 g/mol. The van der Waals surface area contributed by atoms with Gasteiger partial charge in [-0.15, -0.1) is 0 Å². The number of halogens is 6. The van der Waals surface area contributed by atoms with Crippen molar-refractivity contribution in [3.05, 3.63) is 51.2 Å². The summed E-state index contributed by atoms with van der Waals surface area (Å²) in [6, 6.07) is 3.68. The second kappa shape index (κ2) is 8.43. The van der Waals surface area contributed by atoms with Crippen molar-refractivity contribution in [1.82, 2.24) is 19.5 Å². The molecule has 1 unspecified atom stereocenters. The second-order valence-corrected chi connectivity index (χ2v) is 8.00. The molecule has 0 aliphatic heterocycles. The van der Waals surface area contributed by atoms with E-state index in [1.807, 2.05) is 0 Å². The topological polar surface area (TPSA) is 85.7 Å². The van der Waals surface area contributed by atoms with Crippen molar-refractivity contribution in [3.8, 4) is 28.7 Å². The highest BCUT2D eigenvalue weighted by molar-refractivity contribution is 6.36. The summed E-state index contributed by atoms with van der Waals surface area (Å²) in [5.41, 5.74) is -0.380. The normalized spacial score (nSPS) is 13.0. The number of aromatic nitrogens is 4. The molecule has 0 saturated heterocycles. The molecule has 0 spiro atoms. The van der Waals surface area contributed by atoms with Gasteiger partial charge in [0.05, 0.1) is 32.3 Å². The SMILES string of the molecule is CC(O)COc1cc(Cl)c(-c2nc(-c3cn4cc(C(F)(F)F)cc(Cl)c4n3)no2)cc1Cl. The fourth-order valence-electron chi connectivity index (χ4n) is 2.77. The van der Waals surface area contributed by atoms with E-state index in [-0.39, 0.29) is 50.5 Å². The van der Waals surface area contributed by atoms with Crippen LogP contribution in [0.5, 0.6) is 5.75 Å². The summed E-state index contributed by atoms with van der Waals surface area (Å²) in [5, 5.41) is 13.4. The van der Waals surface area contributed by atoms with Gasteiger partial charge in [0.2, 0.25) is 5.82 Å². The van der Waals surface area contributed by atoms with Crippen LogP contribution in [0.3, 0.4) is 0 Å². The van der Waals surface area contributed by atoms with Crippen molar-refractivity contribution in [2.75, 3.05) is 6.61 Å². The first-order chi connectivity index (χ1) is 15.0. The van der Waals surface area contributed by atoms with Gasteiger partial charge in [-0.25, -0.2) is 4.98 Å². The highest BCUT2D eigenvalue weighted by Crippen LogP contribution is 2.37. The van der Waals surface area contributed by atoms with Gasteiger partial charge in [-0.3, -0.25) is 0 Å². The van der Waals surface area contributed by atoms with Crippen molar-refractivity contribution in [2.24, 2.45) is 0 Å². The van der Waals surface area contributed by atoms with Crippen molar-refractivity contribution in [2.45, 2.75) is 19.2 Å². The van der Waals surface area contributed by atoms with Crippen LogP contribution in [-0.2, 0) is 6.18 Å². The molecule has 1 aromatic carbocycles. The van der Waals surface area contributed by atoms with Gasteiger partial charge >= 0.3 is 6.18 Å². The lowest BCUT2D eigenvalue weighted by molar-refractivity contribution is -0.137. The van der Waals surface area contributed by atoms with Gasteiger partial charge in [0.25, 0.3) is 5.89 Å². The quantitative estimate of drug-likeness (QED) is 0.368. The molecule has 0 radical (unpaired) electrons. The predicted octanol–water partition coefficient (Wildman–Crippen LogP) is 5.79. The minimum absolute atomic E-state index is 0.00751. The summed E-state index contributed by atoms with van der Waals surface area (Å²) in [4.78, 5) is 8.39. The molecule has 13 heteroatoms. The fourth-order valence-corrected chi connectivity index (χ4v) is 3.48. The molecule has 0 aliphatic rings. The van der Waals surface area contributed by atoms with E-state index in [1.54, 1.807) is 6.92 Å². The van der Waals surface area contributed by atoms with Crippen LogP contribution < -0.4 is 4.74 Å². The van der Waals surface area contributed by atoms with Crippen LogP contribution in [-0.4, -0.2) is 37.3 Å². The molecular formula is C19H12Cl3F3N4O3. The Labute approximate surface area is 193 Å². The highest BCUT2D eigenvalue weighted by atomic mass is 35.5. The Morgan fingerprint density at radius 3 is 2.53 bits per heavy atom. The first-order valence-corrected chi connectivity index (χ1v) is 10.1. The molecule has 0 fully saturated rings. The number of rotatable bonds is 5. The lowest BCUT2D eigenvalue weighted by atomic mass is 10.2. The van der Waals surface area contributed by atoms with Gasteiger partial charge in [-0.2, -0.15) is 18.2 Å². The molecule has 168 valence electrons. The number of alkyl halides is 3. The van der Waals surface area contributed by atoms with Crippen LogP contribution in [0.25, 0.3) is 28.6 Å². The van der Waals surface area contributed by atoms with Gasteiger partial charge in [0, 0.05) is 18.5 Å². The number of ether oxygens (including phenoxy) is 1. The summed E-state index contributed by atoms with van der Waals surface area (Å²) in [5.74, 6) is 0.277. The van der Waals surface area contributed by atoms with Crippen molar-refractivity contribution in [3.63, 3.8) is 0 Å². The number of hydrogen-bond acceptors (Lipinski definition) is 6. The molecule has 3 aromatic heterocycles. The molecule has 4 rings (SSSR count). The van der Waals surface area contributed by atoms with Gasteiger partial charge in [-0.1, -0.05) is 40.0 Å². The molecule has 0 saturated carbocycles. The van der Waals surface area contributed by atoms with Crippen molar-refractivity contribution in [1.29, 1.82) is 0 Å². The number of nitrogens with zero attached hydrogens (tertiary/aromatic N) is 4. The maximum absolute atomic E-state index is 13.0. The van der Waals surface area contributed by atoms with E-state index in [4.69, 9.17) is 44.1 Å². The maximum atomic E-state index is 13.0. The molecule has 0 bridgehead atoms. The fraction of sp³-hybridized carbons (Fsp3) is 0.211. The van der Waals surface area contributed by atoms with Crippen LogP contribution in [0.1, 0.15) is 12.5 Å². The molecule has 1 atom stereocenters. The summed E-state index contributed by atoms with van der Waals surface area (Å²) in [6.07, 6.45) is -3.11. The van der Waals surface area contributed by atoms with Gasteiger partial charge in [-0.05, 0) is 19.1 Å². The van der Waals surface area contributed by atoms with Crippen LogP contribution in [0.2, 0.25) is 15.1 Å². The smallest absolute Gasteiger partial charge is 0.417 e. The Morgan fingerprint density at radius 1 is 1.09 bits per heavy atom. The lowest BCUT2D eigenvalue weighted by Gasteiger charge is -2.11. The van der Waals surface area contributed by atoms with Crippen LogP contribution in [0, 0.1) is 0 Å². The maximum Gasteiger partial charge on any atom is 0.417 e. The number of hydrogen-bond donors (Lipinski definition) is 1. The van der Waals surface area contributed by atoms with E-state index < -0.39 is 17.8 Å². The zero-order valence-corrected chi connectivity index (χ0v) is 18.3. The van der Waals surface area contributed by atoms with E-state index in [0.29, 0.717) is 5.56 Å². The summed E-state index contributed by atoms with van der Waals surface area (Å²) in [6.45, 7) is 1.58. The first kappa shape index (κ1) is 22.7. The van der Waals surface area contributed by atoms with Crippen LogP contribution >= 0.6 is 34.8 Å². The number of aliphatic hydroxyl groups is 1. The van der Waals surface area contributed by atoms with E-state index >= 15 is 0 Å². The Balaban J connectivity index is 1.68. The summed E-state index contributed by atoms with van der Waals surface area (Å²) >= 11 is 18.4. The molecule has 0 aliphatic carbocycles. The van der Waals surface area contributed by atoms with Gasteiger partial charge in [0.1, 0.15) is 18.1 Å². The molecule has 7 nitrogen and oxygen atoms in total. The summed E-state index contributed by atoms with van der Waals surface area (Å²) < 4.78 is 50.8. The zero-order valence-electron chi connectivity index (χ0n) is 16.0. The average molecular weight is 508 g/mol. The number of pyridine rings is 1. The van der Waals surface area contributed by atoms with Crippen molar-refractivity contribution >= 4 is 40.4 Å². The number of benzene rings is 1. The van der Waals surface area contributed by atoms with E-state index in [2.05, 4.69) is 15.1 Å². The molecule has 4 aromatic rings. The van der Waals surface area contributed by atoms with E-state index in [0.717, 1.165) is 16.7 Å². The second-order valence-electron chi connectivity index (χ2n) is 6.78. The average Bonchev–Trinajstić information content (AvgIpc) is 3.34. The van der Waals surface area contributed by atoms with E-state index in [9.17, 15) is 18.3 Å². The van der Waals surface area contributed by atoms with E-state index in [1.165, 1.54) is 18.3 Å². The Bertz CT molecular complexity index is 1300. The Kier molecular flexibility index (Phi) is 5.97. The third kappa shape index (κ3) is 4.49. The standard InChI is InChI=1S/C19H12Cl3F3N4O3/c1-8(30)7-31-15-4-11(20)10(3-12(15)21)18-27-16(28-32-18)14-6-29-5-9(19(23,24)25)2-13(22)17(29)26-14/h2-6,8,30H,7H2,1H3. The predicted molar refractivity (Wildman–Crippen MR) is 111 cm³/mol. The van der Waals surface area contributed by atoms with Gasteiger partial charge in [0.15, 0.2) is 5.65 Å². The monoisotopic (exact) mass is 506 g/mol. The molecule has 0 amide bonds. The minimum Gasteiger partial charge on any atom is -0.489 e. The van der Waals surface area contributed by atoms with Crippen molar-refractivity contribution < 1.29 is 27.5 Å². The number of aliphatic hydroxyl groups excluding tert-OH is 1.